The third-order valence-electron chi connectivity index (χ3n) is 3.19. The standard InChI is InChI=1S/C12H13N3O5/c1-20-10-3-2-8(15(18)19)5-9(10)14-6-7(12(13)17)4-11(14)16/h2-3,5,7H,4,6H2,1H3,(H2,13,17). The average Bonchev–Trinajstić information content (AvgIpc) is 2.80. The smallest absolute Gasteiger partial charge is 0.271 e. The van der Waals surface area contributed by atoms with Gasteiger partial charge in [0.05, 0.1) is 23.6 Å². The molecule has 20 heavy (non-hydrogen) atoms. The van der Waals surface area contributed by atoms with Gasteiger partial charge < -0.3 is 15.4 Å². The number of carbonyl (C=O) groups excluding carboxylic acids is 2. The second kappa shape index (κ2) is 5.16. The first-order chi connectivity index (χ1) is 9.43. The molecule has 8 nitrogen and oxygen atoms in total. The maximum absolute atomic E-state index is 11.9. The number of anilines is 1. The Labute approximate surface area is 114 Å². The third-order valence-corrected chi connectivity index (χ3v) is 3.19. The minimum Gasteiger partial charge on any atom is -0.495 e. The van der Waals surface area contributed by atoms with Crippen molar-refractivity contribution in [2.75, 3.05) is 18.6 Å². The van der Waals surface area contributed by atoms with Gasteiger partial charge in [-0.05, 0) is 6.07 Å². The Morgan fingerprint density at radius 3 is 2.75 bits per heavy atom. The Balaban J connectivity index is 2.40. The number of hydrogen-bond acceptors (Lipinski definition) is 5. The van der Waals surface area contributed by atoms with Crippen LogP contribution in [0.25, 0.3) is 0 Å². The van der Waals surface area contributed by atoms with Crippen LogP contribution in [-0.2, 0) is 9.59 Å². The van der Waals surface area contributed by atoms with Gasteiger partial charge in [0.2, 0.25) is 11.8 Å². The van der Waals surface area contributed by atoms with Crippen LogP contribution in [0.15, 0.2) is 18.2 Å². The van der Waals surface area contributed by atoms with Gasteiger partial charge in [-0.15, -0.1) is 0 Å². The van der Waals surface area contributed by atoms with E-state index in [4.69, 9.17) is 10.5 Å². The van der Waals surface area contributed by atoms with Crippen LogP contribution in [-0.4, -0.2) is 30.4 Å². The van der Waals surface area contributed by atoms with Crippen LogP contribution in [0.2, 0.25) is 0 Å². The first-order valence-corrected chi connectivity index (χ1v) is 5.86. The minimum atomic E-state index is -0.591. The van der Waals surface area contributed by atoms with Gasteiger partial charge >= 0.3 is 0 Å². The van der Waals surface area contributed by atoms with Gasteiger partial charge in [0.25, 0.3) is 5.69 Å². The van der Waals surface area contributed by atoms with Crippen LogP contribution in [0, 0.1) is 16.0 Å². The molecule has 0 saturated carbocycles. The largest absolute Gasteiger partial charge is 0.495 e. The van der Waals surface area contributed by atoms with Crippen molar-refractivity contribution in [1.29, 1.82) is 0 Å². The summed E-state index contributed by atoms with van der Waals surface area (Å²) in [6, 6.07) is 3.95. The highest BCUT2D eigenvalue weighted by atomic mass is 16.6. The Hall–Kier alpha value is -2.64. The molecule has 1 aromatic rings. The predicted octanol–water partition coefficient (Wildman–Crippen LogP) is 0.442. The van der Waals surface area contributed by atoms with E-state index in [1.54, 1.807) is 0 Å². The molecular formula is C12H13N3O5. The second-order valence-electron chi connectivity index (χ2n) is 4.42. The number of primary amides is 1. The number of nitrogens with two attached hydrogens (primary N) is 1. The fourth-order valence-electron chi connectivity index (χ4n) is 2.13. The van der Waals surface area contributed by atoms with E-state index in [0.717, 1.165) is 0 Å². The first-order valence-electron chi connectivity index (χ1n) is 5.86. The van der Waals surface area contributed by atoms with E-state index in [9.17, 15) is 19.7 Å². The summed E-state index contributed by atoms with van der Waals surface area (Å²) in [5.41, 5.74) is 5.31. The van der Waals surface area contributed by atoms with E-state index in [2.05, 4.69) is 0 Å². The Kier molecular flexibility index (Phi) is 3.55. The Morgan fingerprint density at radius 2 is 2.25 bits per heavy atom. The van der Waals surface area contributed by atoms with E-state index >= 15 is 0 Å². The van der Waals surface area contributed by atoms with Gasteiger partial charge in [-0.2, -0.15) is 0 Å². The van der Waals surface area contributed by atoms with Gasteiger partial charge in [0.15, 0.2) is 0 Å². The number of carbonyl (C=O) groups is 2. The van der Waals surface area contributed by atoms with Crippen molar-refractivity contribution in [1.82, 2.24) is 0 Å². The third kappa shape index (κ3) is 2.40. The fraction of sp³-hybridized carbons (Fsp3) is 0.333. The molecule has 0 bridgehead atoms. The molecule has 1 heterocycles. The summed E-state index contributed by atoms with van der Waals surface area (Å²) in [6.45, 7) is 0.103. The van der Waals surface area contributed by atoms with E-state index in [1.807, 2.05) is 0 Å². The molecule has 2 amide bonds. The highest BCUT2D eigenvalue weighted by Gasteiger charge is 2.35. The maximum atomic E-state index is 11.9. The molecule has 0 radical (unpaired) electrons. The summed E-state index contributed by atoms with van der Waals surface area (Å²) >= 11 is 0. The summed E-state index contributed by atoms with van der Waals surface area (Å²) in [5, 5.41) is 10.8. The summed E-state index contributed by atoms with van der Waals surface area (Å²) in [6.07, 6.45) is 0.00117. The van der Waals surface area contributed by atoms with E-state index in [0.29, 0.717) is 5.75 Å². The normalized spacial score (nSPS) is 18.1. The molecule has 1 aliphatic rings. The molecular weight excluding hydrogens is 266 g/mol. The number of rotatable bonds is 4. The van der Waals surface area contributed by atoms with Crippen LogP contribution in [0.4, 0.5) is 11.4 Å². The van der Waals surface area contributed by atoms with Gasteiger partial charge in [0.1, 0.15) is 5.75 Å². The lowest BCUT2D eigenvalue weighted by Gasteiger charge is -2.18. The number of nitro groups is 1. The zero-order valence-corrected chi connectivity index (χ0v) is 10.7. The van der Waals surface area contributed by atoms with Crippen LogP contribution in [0.3, 0.4) is 0 Å². The van der Waals surface area contributed by atoms with Crippen LogP contribution < -0.4 is 15.4 Å². The zero-order chi connectivity index (χ0) is 14.9. The number of ether oxygens (including phenoxy) is 1. The molecule has 1 unspecified atom stereocenters. The Morgan fingerprint density at radius 1 is 1.55 bits per heavy atom. The number of methoxy groups -OCH3 is 1. The van der Waals surface area contributed by atoms with Gasteiger partial charge in [-0.25, -0.2) is 0 Å². The van der Waals surface area contributed by atoms with Crippen molar-refractivity contribution in [3.05, 3.63) is 28.3 Å². The van der Waals surface area contributed by atoms with E-state index in [-0.39, 0.29) is 30.2 Å². The van der Waals surface area contributed by atoms with Crippen LogP contribution in [0.5, 0.6) is 5.75 Å². The van der Waals surface area contributed by atoms with Crippen molar-refractivity contribution >= 4 is 23.2 Å². The van der Waals surface area contributed by atoms with Crippen molar-refractivity contribution in [2.24, 2.45) is 11.7 Å². The fourth-order valence-corrected chi connectivity index (χ4v) is 2.13. The SMILES string of the molecule is COc1ccc([N+](=O)[O-])cc1N1CC(C(N)=O)CC1=O. The molecule has 8 heteroatoms. The number of benzene rings is 1. The van der Waals surface area contributed by atoms with Gasteiger partial charge in [-0.1, -0.05) is 0 Å². The average molecular weight is 279 g/mol. The topological polar surface area (TPSA) is 116 Å². The highest BCUT2D eigenvalue weighted by molar-refractivity contribution is 6.01. The van der Waals surface area contributed by atoms with Gasteiger partial charge in [0, 0.05) is 25.1 Å². The lowest BCUT2D eigenvalue weighted by molar-refractivity contribution is -0.384. The van der Waals surface area contributed by atoms with E-state index in [1.165, 1.54) is 30.2 Å². The molecule has 0 spiro atoms. The molecule has 1 saturated heterocycles. The van der Waals surface area contributed by atoms with E-state index < -0.39 is 16.7 Å². The van der Waals surface area contributed by atoms with Crippen molar-refractivity contribution < 1.29 is 19.2 Å². The molecule has 2 rings (SSSR count). The molecule has 1 aliphatic heterocycles. The van der Waals surface area contributed by atoms with Crippen molar-refractivity contribution in [3.8, 4) is 5.75 Å². The first kappa shape index (κ1) is 13.8. The minimum absolute atomic E-state index is 0.00117. The second-order valence-corrected chi connectivity index (χ2v) is 4.42. The van der Waals surface area contributed by atoms with Crippen molar-refractivity contribution in [3.63, 3.8) is 0 Å². The van der Waals surface area contributed by atoms with Crippen molar-refractivity contribution in [2.45, 2.75) is 6.42 Å². The van der Waals surface area contributed by atoms with Gasteiger partial charge in [-0.3, -0.25) is 19.7 Å². The molecule has 0 aliphatic carbocycles. The summed E-state index contributed by atoms with van der Waals surface area (Å²) in [4.78, 5) is 34.6. The number of amides is 2. The number of nitro benzene ring substituents is 1. The quantitative estimate of drug-likeness (QED) is 0.634. The molecule has 0 aromatic heterocycles. The number of non-ortho nitro benzene ring substituents is 1. The highest BCUT2D eigenvalue weighted by Crippen LogP contribution is 2.35. The molecule has 1 fully saturated rings. The number of hydrogen-bond donors (Lipinski definition) is 1. The monoisotopic (exact) mass is 279 g/mol. The van der Waals surface area contributed by atoms with Crippen LogP contribution in [0.1, 0.15) is 6.42 Å². The zero-order valence-electron chi connectivity index (χ0n) is 10.7. The lowest BCUT2D eigenvalue weighted by Crippen LogP contribution is -2.28. The summed E-state index contributed by atoms with van der Waals surface area (Å²) < 4.78 is 5.10. The number of nitrogens with zero attached hydrogens (tertiary/aromatic N) is 2. The summed E-state index contributed by atoms with van der Waals surface area (Å²) in [5.74, 6) is -1.14. The molecule has 2 N–H and O–H groups in total. The molecule has 106 valence electrons. The summed E-state index contributed by atoms with van der Waals surface area (Å²) in [7, 11) is 1.40. The lowest BCUT2D eigenvalue weighted by atomic mass is 10.1. The maximum Gasteiger partial charge on any atom is 0.271 e. The Bertz CT molecular complexity index is 586. The molecule has 1 aromatic carbocycles. The van der Waals surface area contributed by atoms with Crippen LogP contribution >= 0.6 is 0 Å². The predicted molar refractivity (Wildman–Crippen MR) is 69.3 cm³/mol. The molecule has 1 atom stereocenters.